The maximum atomic E-state index is 6.55. The minimum absolute atomic E-state index is 0.543. The van der Waals surface area contributed by atoms with Crippen molar-refractivity contribution in [1.82, 2.24) is 19.5 Å². The van der Waals surface area contributed by atoms with Crippen LogP contribution in [0.5, 0.6) is 0 Å². The lowest BCUT2D eigenvalue weighted by Gasteiger charge is -2.33. The fraction of sp³-hybridized carbons (Fsp3) is 0.0192. The van der Waals surface area contributed by atoms with Gasteiger partial charge in [-0.05, 0) is 46.0 Å². The van der Waals surface area contributed by atoms with Crippen molar-refractivity contribution in [2.24, 2.45) is 0 Å². The van der Waals surface area contributed by atoms with Gasteiger partial charge in [0, 0.05) is 32.7 Å². The van der Waals surface area contributed by atoms with E-state index in [2.05, 4.69) is 156 Å². The molecule has 5 nitrogen and oxygen atoms in total. The Kier molecular flexibility index (Phi) is 6.78. The minimum Gasteiger partial charge on any atom is -0.455 e. The van der Waals surface area contributed by atoms with Gasteiger partial charge in [0.25, 0.3) is 0 Å². The number of benzene rings is 8. The SMILES string of the molecule is c1ccc(-c2nc(-c3cccc4c3oc3ccccc34)nc(-n3c4ccccc4c4ccc5c(c43)-c3ccccc3C5(c3ccccc3)c3ccccc3)n2)cc1. The summed E-state index contributed by atoms with van der Waals surface area (Å²) >= 11 is 0. The number of aromatic nitrogens is 4. The molecule has 11 aromatic rings. The first-order valence-electron chi connectivity index (χ1n) is 19.3. The van der Waals surface area contributed by atoms with Crippen LogP contribution >= 0.6 is 0 Å². The summed E-state index contributed by atoms with van der Waals surface area (Å²) in [7, 11) is 0. The van der Waals surface area contributed by atoms with Crippen LogP contribution in [0.3, 0.4) is 0 Å². The Hall–Kier alpha value is -7.63. The molecule has 0 fully saturated rings. The van der Waals surface area contributed by atoms with Gasteiger partial charge in [-0.25, -0.2) is 4.98 Å². The molecule has 57 heavy (non-hydrogen) atoms. The number of hydrogen-bond acceptors (Lipinski definition) is 4. The fourth-order valence-electron chi connectivity index (χ4n) is 9.41. The second kappa shape index (κ2) is 12.2. The van der Waals surface area contributed by atoms with E-state index in [0.717, 1.165) is 54.9 Å². The average Bonchev–Trinajstić information content (AvgIpc) is 3.94. The second-order valence-electron chi connectivity index (χ2n) is 14.7. The number of para-hydroxylation sites is 3. The number of furan rings is 1. The zero-order valence-electron chi connectivity index (χ0n) is 30.7. The first-order valence-corrected chi connectivity index (χ1v) is 19.3. The standard InChI is InChI=1S/C52H32N4O/c1-4-17-33(18-5-1)49-53-50(41-27-16-26-39-37-24-12-15-30-45(37)57-48(39)41)55-51(54-49)56-44-29-14-11-23-36(44)38-31-32-43-46(47(38)56)40-25-10-13-28-42(40)52(43,34-19-6-2-7-20-34)35-21-8-3-9-22-35/h1-32H. The third-order valence-electron chi connectivity index (χ3n) is 11.8. The van der Waals surface area contributed by atoms with Gasteiger partial charge in [0.05, 0.1) is 22.0 Å². The van der Waals surface area contributed by atoms with Crippen molar-refractivity contribution in [3.8, 4) is 39.9 Å². The Bertz CT molecular complexity index is 3310. The van der Waals surface area contributed by atoms with E-state index in [1.54, 1.807) is 0 Å². The van der Waals surface area contributed by atoms with Gasteiger partial charge in [0.1, 0.15) is 11.2 Å². The van der Waals surface area contributed by atoms with E-state index in [-0.39, 0.29) is 0 Å². The van der Waals surface area contributed by atoms with Crippen LogP contribution in [0.2, 0.25) is 0 Å². The molecule has 0 radical (unpaired) electrons. The lowest BCUT2D eigenvalue weighted by molar-refractivity contribution is 0.669. The van der Waals surface area contributed by atoms with Gasteiger partial charge in [-0.1, -0.05) is 176 Å². The molecule has 266 valence electrons. The highest BCUT2D eigenvalue weighted by Crippen LogP contribution is 2.58. The van der Waals surface area contributed by atoms with E-state index < -0.39 is 5.41 Å². The maximum Gasteiger partial charge on any atom is 0.238 e. The van der Waals surface area contributed by atoms with Crippen molar-refractivity contribution < 1.29 is 4.42 Å². The van der Waals surface area contributed by atoms with E-state index in [1.807, 2.05) is 42.5 Å². The first-order chi connectivity index (χ1) is 28.3. The summed E-state index contributed by atoms with van der Waals surface area (Å²) in [6.45, 7) is 0. The van der Waals surface area contributed by atoms with E-state index >= 15 is 0 Å². The molecule has 0 spiro atoms. The van der Waals surface area contributed by atoms with Gasteiger partial charge in [0.2, 0.25) is 5.95 Å². The predicted molar refractivity (Wildman–Crippen MR) is 230 cm³/mol. The van der Waals surface area contributed by atoms with Crippen molar-refractivity contribution >= 4 is 43.7 Å². The van der Waals surface area contributed by atoms with Gasteiger partial charge in [-0.3, -0.25) is 4.57 Å². The van der Waals surface area contributed by atoms with Gasteiger partial charge in [-0.15, -0.1) is 0 Å². The van der Waals surface area contributed by atoms with Gasteiger partial charge < -0.3 is 4.42 Å². The molecule has 0 amide bonds. The van der Waals surface area contributed by atoms with Crippen LogP contribution in [0.25, 0.3) is 83.6 Å². The molecule has 1 aliphatic rings. The topological polar surface area (TPSA) is 56.7 Å². The second-order valence-corrected chi connectivity index (χ2v) is 14.7. The lowest BCUT2D eigenvalue weighted by atomic mass is 9.67. The molecule has 5 heteroatoms. The smallest absolute Gasteiger partial charge is 0.238 e. The quantitative estimate of drug-likeness (QED) is 0.177. The molecule has 0 atom stereocenters. The van der Waals surface area contributed by atoms with Crippen LogP contribution in [-0.2, 0) is 5.41 Å². The largest absolute Gasteiger partial charge is 0.455 e. The molecule has 0 saturated heterocycles. The molecular weight excluding hydrogens is 697 g/mol. The van der Waals surface area contributed by atoms with Crippen LogP contribution in [0.4, 0.5) is 0 Å². The molecular formula is C52H32N4O. The van der Waals surface area contributed by atoms with Crippen LogP contribution in [-0.4, -0.2) is 19.5 Å². The van der Waals surface area contributed by atoms with Crippen LogP contribution in [0.1, 0.15) is 22.3 Å². The third-order valence-corrected chi connectivity index (χ3v) is 11.8. The molecule has 3 heterocycles. The summed E-state index contributed by atoms with van der Waals surface area (Å²) in [4.78, 5) is 15.9. The Morgan fingerprint density at radius 2 is 1.04 bits per heavy atom. The minimum atomic E-state index is -0.555. The van der Waals surface area contributed by atoms with Crippen LogP contribution < -0.4 is 0 Å². The highest BCUT2D eigenvalue weighted by Gasteiger charge is 2.47. The van der Waals surface area contributed by atoms with Gasteiger partial charge in [0.15, 0.2) is 11.6 Å². The molecule has 0 N–H and O–H groups in total. The number of rotatable bonds is 5. The van der Waals surface area contributed by atoms with Crippen molar-refractivity contribution in [1.29, 1.82) is 0 Å². The molecule has 1 aliphatic carbocycles. The predicted octanol–water partition coefficient (Wildman–Crippen LogP) is 12.6. The van der Waals surface area contributed by atoms with Crippen molar-refractivity contribution in [2.75, 3.05) is 0 Å². The van der Waals surface area contributed by atoms with Crippen LogP contribution in [0, 0.1) is 0 Å². The zero-order valence-corrected chi connectivity index (χ0v) is 30.7. The van der Waals surface area contributed by atoms with E-state index in [9.17, 15) is 0 Å². The normalized spacial score (nSPS) is 13.1. The van der Waals surface area contributed by atoms with Crippen molar-refractivity contribution in [3.05, 3.63) is 216 Å². The highest BCUT2D eigenvalue weighted by molar-refractivity contribution is 6.16. The summed E-state index contributed by atoms with van der Waals surface area (Å²) in [5, 5.41) is 4.35. The average molecular weight is 729 g/mol. The molecule has 0 saturated carbocycles. The van der Waals surface area contributed by atoms with E-state index in [4.69, 9.17) is 19.4 Å². The molecule has 8 aromatic carbocycles. The first kappa shape index (κ1) is 31.7. The fourth-order valence-corrected chi connectivity index (χ4v) is 9.41. The van der Waals surface area contributed by atoms with E-state index in [0.29, 0.717) is 17.6 Å². The van der Waals surface area contributed by atoms with E-state index in [1.165, 1.54) is 33.4 Å². The Balaban J connectivity index is 1.22. The Labute approximate surface area is 328 Å². The molecule has 3 aromatic heterocycles. The summed E-state index contributed by atoms with van der Waals surface area (Å²) in [5.41, 5.74) is 12.1. The lowest BCUT2D eigenvalue weighted by Crippen LogP contribution is -2.28. The third kappa shape index (κ3) is 4.48. The summed E-state index contributed by atoms with van der Waals surface area (Å²) in [6.07, 6.45) is 0. The van der Waals surface area contributed by atoms with Gasteiger partial charge >= 0.3 is 0 Å². The zero-order chi connectivity index (χ0) is 37.5. The van der Waals surface area contributed by atoms with Crippen LogP contribution in [0.15, 0.2) is 199 Å². The van der Waals surface area contributed by atoms with Crippen molar-refractivity contribution in [2.45, 2.75) is 5.41 Å². The highest BCUT2D eigenvalue weighted by atomic mass is 16.3. The summed E-state index contributed by atoms with van der Waals surface area (Å²) in [5.74, 6) is 1.68. The molecule has 12 rings (SSSR count). The summed E-state index contributed by atoms with van der Waals surface area (Å²) < 4.78 is 8.82. The van der Waals surface area contributed by atoms with Crippen molar-refractivity contribution in [3.63, 3.8) is 0 Å². The van der Waals surface area contributed by atoms with Gasteiger partial charge in [-0.2, -0.15) is 9.97 Å². The summed E-state index contributed by atoms with van der Waals surface area (Å²) in [6, 6.07) is 68.5. The molecule has 0 aliphatic heterocycles. The Morgan fingerprint density at radius 1 is 0.421 bits per heavy atom. The number of hydrogen-bond donors (Lipinski definition) is 0. The molecule has 0 bridgehead atoms. The Morgan fingerprint density at radius 3 is 1.82 bits per heavy atom. The monoisotopic (exact) mass is 728 g/mol. The molecule has 0 unspecified atom stereocenters. The number of nitrogens with zero attached hydrogens (tertiary/aromatic N) is 4. The number of fused-ring (bicyclic) bond motifs is 10. The maximum absolute atomic E-state index is 6.55.